The minimum absolute atomic E-state index is 0.125. The molecule has 0 aliphatic heterocycles. The number of aromatic hydroxyl groups is 1. The number of nitro benzene ring substituents is 1. The molecular formula is C20H19N5O4. The van der Waals surface area contributed by atoms with Crippen molar-refractivity contribution < 1.29 is 14.8 Å². The van der Waals surface area contributed by atoms with Crippen molar-refractivity contribution in [2.24, 2.45) is 5.10 Å². The number of hydrogen-bond acceptors (Lipinski definition) is 6. The first-order valence-electron chi connectivity index (χ1n) is 8.74. The lowest BCUT2D eigenvalue weighted by Gasteiger charge is -2.06. The number of hydrogen-bond donors (Lipinski definition) is 2. The molecule has 3 rings (SSSR count). The molecule has 3 aromatic rings. The molecule has 0 aliphatic carbocycles. The van der Waals surface area contributed by atoms with Gasteiger partial charge in [-0.25, -0.2) is 5.43 Å². The molecule has 0 radical (unpaired) electrons. The van der Waals surface area contributed by atoms with Crippen molar-refractivity contribution in [1.29, 1.82) is 0 Å². The molecule has 1 heterocycles. The van der Waals surface area contributed by atoms with E-state index in [0.717, 1.165) is 23.2 Å². The van der Waals surface area contributed by atoms with Crippen LogP contribution < -0.4 is 5.43 Å². The zero-order valence-corrected chi connectivity index (χ0v) is 15.9. The lowest BCUT2D eigenvalue weighted by atomic mass is 10.1. The van der Waals surface area contributed by atoms with Gasteiger partial charge in [0.05, 0.1) is 23.4 Å². The van der Waals surface area contributed by atoms with Gasteiger partial charge in [0.25, 0.3) is 11.6 Å². The standard InChI is InChI=1S/C20H19N5O4/c1-13-9-14(2)24(23-13)12-15-3-5-16(6-4-15)20(27)22-21-11-17-10-18(25(28)29)7-8-19(17)26/h3-11,26H,12H2,1-2H3,(H,22,27). The Morgan fingerprint density at radius 2 is 1.97 bits per heavy atom. The number of amides is 1. The second kappa shape index (κ2) is 8.34. The van der Waals surface area contributed by atoms with Crippen molar-refractivity contribution >= 4 is 17.8 Å². The van der Waals surface area contributed by atoms with E-state index < -0.39 is 10.8 Å². The molecule has 0 bridgehead atoms. The summed E-state index contributed by atoms with van der Waals surface area (Å²) in [6.07, 6.45) is 1.15. The highest BCUT2D eigenvalue weighted by Crippen LogP contribution is 2.21. The van der Waals surface area contributed by atoms with E-state index in [-0.39, 0.29) is 17.0 Å². The van der Waals surface area contributed by atoms with Gasteiger partial charge in [0.15, 0.2) is 0 Å². The quantitative estimate of drug-likeness (QED) is 0.379. The van der Waals surface area contributed by atoms with Crippen LogP contribution in [0.25, 0.3) is 0 Å². The van der Waals surface area contributed by atoms with Gasteiger partial charge in [-0.3, -0.25) is 19.6 Å². The van der Waals surface area contributed by atoms with Gasteiger partial charge in [-0.05, 0) is 43.7 Å². The van der Waals surface area contributed by atoms with Crippen molar-refractivity contribution in [3.05, 3.63) is 86.7 Å². The second-order valence-electron chi connectivity index (χ2n) is 6.48. The second-order valence-corrected chi connectivity index (χ2v) is 6.48. The smallest absolute Gasteiger partial charge is 0.271 e. The molecule has 0 spiro atoms. The van der Waals surface area contributed by atoms with Gasteiger partial charge >= 0.3 is 0 Å². The average molecular weight is 393 g/mol. The van der Waals surface area contributed by atoms with Gasteiger partial charge in [0.1, 0.15) is 5.75 Å². The van der Waals surface area contributed by atoms with Crippen LogP contribution in [0, 0.1) is 24.0 Å². The molecule has 0 saturated carbocycles. The maximum atomic E-state index is 12.2. The summed E-state index contributed by atoms with van der Waals surface area (Å²) in [5.41, 5.74) is 5.69. The van der Waals surface area contributed by atoms with Gasteiger partial charge < -0.3 is 5.11 Å². The first-order valence-corrected chi connectivity index (χ1v) is 8.74. The van der Waals surface area contributed by atoms with Crippen LogP contribution in [0.3, 0.4) is 0 Å². The Balaban J connectivity index is 1.64. The van der Waals surface area contributed by atoms with Crippen LogP contribution in [0.4, 0.5) is 5.69 Å². The first kappa shape index (κ1) is 19.7. The van der Waals surface area contributed by atoms with Gasteiger partial charge in [-0.1, -0.05) is 12.1 Å². The highest BCUT2D eigenvalue weighted by Gasteiger charge is 2.09. The Morgan fingerprint density at radius 3 is 2.59 bits per heavy atom. The van der Waals surface area contributed by atoms with E-state index in [9.17, 15) is 20.0 Å². The lowest BCUT2D eigenvalue weighted by molar-refractivity contribution is -0.384. The molecule has 0 saturated heterocycles. The zero-order chi connectivity index (χ0) is 21.0. The van der Waals surface area contributed by atoms with E-state index in [1.165, 1.54) is 18.2 Å². The topological polar surface area (TPSA) is 123 Å². The number of phenols is 1. The number of nitrogens with one attached hydrogen (secondary N) is 1. The highest BCUT2D eigenvalue weighted by molar-refractivity contribution is 5.95. The van der Waals surface area contributed by atoms with Crippen LogP contribution in [0.2, 0.25) is 0 Å². The van der Waals surface area contributed by atoms with E-state index in [2.05, 4.69) is 15.6 Å². The predicted molar refractivity (Wildman–Crippen MR) is 107 cm³/mol. The number of carbonyl (C=O) groups is 1. The summed E-state index contributed by atoms with van der Waals surface area (Å²) in [5.74, 6) is -0.620. The number of aryl methyl sites for hydroxylation is 2. The molecule has 0 aliphatic rings. The first-order chi connectivity index (χ1) is 13.8. The summed E-state index contributed by atoms with van der Waals surface area (Å²) < 4.78 is 1.89. The van der Waals surface area contributed by atoms with Crippen LogP contribution >= 0.6 is 0 Å². The Bertz CT molecular complexity index is 1090. The van der Waals surface area contributed by atoms with Crippen LogP contribution in [0.15, 0.2) is 53.6 Å². The number of nitrogens with zero attached hydrogens (tertiary/aromatic N) is 4. The molecule has 2 N–H and O–H groups in total. The summed E-state index contributed by atoms with van der Waals surface area (Å²) in [7, 11) is 0. The number of aromatic nitrogens is 2. The molecule has 1 amide bonds. The lowest BCUT2D eigenvalue weighted by Crippen LogP contribution is -2.17. The summed E-state index contributed by atoms with van der Waals surface area (Å²) in [6, 6.07) is 12.6. The third kappa shape index (κ3) is 4.83. The van der Waals surface area contributed by atoms with Crippen molar-refractivity contribution in [3.8, 4) is 5.75 Å². The van der Waals surface area contributed by atoms with Crippen LogP contribution in [0.5, 0.6) is 5.75 Å². The minimum atomic E-state index is -0.580. The molecule has 0 unspecified atom stereocenters. The molecule has 1 aromatic heterocycles. The van der Waals surface area contributed by atoms with Gasteiger partial charge in [0, 0.05) is 29.0 Å². The van der Waals surface area contributed by atoms with Crippen molar-refractivity contribution in [3.63, 3.8) is 0 Å². The maximum absolute atomic E-state index is 12.2. The summed E-state index contributed by atoms with van der Waals surface area (Å²) in [4.78, 5) is 22.4. The molecule has 0 atom stereocenters. The molecule has 148 valence electrons. The largest absolute Gasteiger partial charge is 0.507 e. The number of nitro groups is 1. The van der Waals surface area contributed by atoms with Crippen molar-refractivity contribution in [2.75, 3.05) is 0 Å². The summed E-state index contributed by atoms with van der Waals surface area (Å²) in [6.45, 7) is 4.52. The van der Waals surface area contributed by atoms with Gasteiger partial charge in [-0.2, -0.15) is 10.2 Å². The Labute approximate surface area is 166 Å². The van der Waals surface area contributed by atoms with Gasteiger partial charge in [0.2, 0.25) is 0 Å². The van der Waals surface area contributed by atoms with Crippen LogP contribution in [0.1, 0.15) is 32.9 Å². The van der Waals surface area contributed by atoms with Gasteiger partial charge in [-0.15, -0.1) is 0 Å². The molecule has 29 heavy (non-hydrogen) atoms. The Hall–Kier alpha value is -4.01. The average Bonchev–Trinajstić information content (AvgIpc) is 3.00. The van der Waals surface area contributed by atoms with E-state index in [1.54, 1.807) is 12.1 Å². The normalized spacial score (nSPS) is 11.0. The number of carbonyl (C=O) groups excluding carboxylic acids is 1. The fraction of sp³-hybridized carbons (Fsp3) is 0.150. The molecule has 2 aromatic carbocycles. The van der Waals surface area contributed by atoms with E-state index in [0.29, 0.717) is 12.1 Å². The number of benzene rings is 2. The van der Waals surface area contributed by atoms with Crippen molar-refractivity contribution in [2.45, 2.75) is 20.4 Å². The van der Waals surface area contributed by atoms with E-state index in [4.69, 9.17) is 0 Å². The summed E-state index contributed by atoms with van der Waals surface area (Å²) >= 11 is 0. The zero-order valence-electron chi connectivity index (χ0n) is 15.9. The molecule has 9 nitrogen and oxygen atoms in total. The molecular weight excluding hydrogens is 374 g/mol. The van der Waals surface area contributed by atoms with Crippen LogP contribution in [-0.2, 0) is 6.54 Å². The Morgan fingerprint density at radius 1 is 1.24 bits per heavy atom. The predicted octanol–water partition coefficient (Wildman–Crippen LogP) is 2.93. The number of non-ortho nitro benzene ring substituents is 1. The monoisotopic (exact) mass is 393 g/mol. The maximum Gasteiger partial charge on any atom is 0.271 e. The van der Waals surface area contributed by atoms with Crippen molar-refractivity contribution in [1.82, 2.24) is 15.2 Å². The third-order valence-electron chi connectivity index (χ3n) is 4.24. The number of rotatable bonds is 6. The minimum Gasteiger partial charge on any atom is -0.507 e. The third-order valence-corrected chi connectivity index (χ3v) is 4.24. The highest BCUT2D eigenvalue weighted by atomic mass is 16.6. The number of hydrazone groups is 1. The number of phenolic OH excluding ortho intramolecular Hbond substituents is 1. The molecule has 0 fully saturated rings. The van der Waals surface area contributed by atoms with E-state index in [1.807, 2.05) is 36.7 Å². The summed E-state index contributed by atoms with van der Waals surface area (Å²) in [5, 5.41) is 28.7. The fourth-order valence-electron chi connectivity index (χ4n) is 2.75. The van der Waals surface area contributed by atoms with E-state index >= 15 is 0 Å². The Kier molecular flexibility index (Phi) is 5.68. The molecule has 9 heteroatoms. The fourth-order valence-corrected chi connectivity index (χ4v) is 2.75. The SMILES string of the molecule is Cc1cc(C)n(Cc2ccc(C(=O)NN=Cc3cc([N+](=O)[O-])ccc3O)cc2)n1. The van der Waals surface area contributed by atoms with Crippen LogP contribution in [-0.4, -0.2) is 31.9 Å².